The summed E-state index contributed by atoms with van der Waals surface area (Å²) >= 11 is 1.90. The average molecular weight is 184 g/mol. The normalized spacial score (nSPS) is 17.8. The van der Waals surface area contributed by atoms with E-state index in [9.17, 15) is 0 Å². The minimum absolute atomic E-state index is 0.198. The van der Waals surface area contributed by atoms with Crippen LogP contribution in [0.1, 0.15) is 27.7 Å². The molecule has 0 aromatic carbocycles. The number of hydrogen-bond acceptors (Lipinski definition) is 1. The number of thioether (sulfide) groups is 1. The number of hydrogen-bond donors (Lipinski definition) is 0. The van der Waals surface area contributed by atoms with Gasteiger partial charge in [-0.05, 0) is 26.0 Å². The molecule has 0 bridgehead atoms. The Hall–Kier alpha value is -0.170. The molecule has 12 heavy (non-hydrogen) atoms. The summed E-state index contributed by atoms with van der Waals surface area (Å²) in [5.41, 5.74) is 0. The van der Waals surface area contributed by atoms with Gasteiger partial charge in [0.1, 0.15) is 0 Å². The Morgan fingerprint density at radius 2 is 1.50 bits per heavy atom. The molecule has 0 nitrogen and oxygen atoms in total. The first-order valence-electron chi connectivity index (χ1n) is 4.45. The monoisotopic (exact) mass is 184 g/mol. The largest absolute Gasteiger partial charge is 0.150 e. The summed E-state index contributed by atoms with van der Waals surface area (Å²) in [7, 11) is 0. The lowest BCUT2D eigenvalue weighted by Crippen LogP contribution is -2.25. The maximum Gasteiger partial charge on any atom is 0.0538 e. The van der Waals surface area contributed by atoms with E-state index < -0.39 is 0 Å². The number of allylic oxidation sites excluding steroid dienone is 2. The van der Waals surface area contributed by atoms with Gasteiger partial charge in [-0.3, -0.25) is 0 Å². The predicted octanol–water partition coefficient (Wildman–Crippen LogP) is 3.90. The molecule has 0 amide bonds. The van der Waals surface area contributed by atoms with Crippen LogP contribution < -0.4 is 0 Å². The Kier molecular flexibility index (Phi) is 5.39. The van der Waals surface area contributed by atoms with Crippen molar-refractivity contribution in [3.05, 3.63) is 24.3 Å². The van der Waals surface area contributed by atoms with E-state index in [2.05, 4.69) is 58.3 Å². The lowest BCUT2D eigenvalue weighted by atomic mass is 9.93. The highest BCUT2D eigenvalue weighted by molar-refractivity contribution is 8.00. The Morgan fingerprint density at radius 1 is 1.08 bits per heavy atom. The smallest absolute Gasteiger partial charge is 0.0538 e. The van der Waals surface area contributed by atoms with E-state index in [4.69, 9.17) is 0 Å². The van der Waals surface area contributed by atoms with E-state index in [1.54, 1.807) is 0 Å². The fraction of sp³-hybridized carbons (Fsp3) is 0.636. The van der Waals surface area contributed by atoms with Crippen LogP contribution in [0.4, 0.5) is 0 Å². The summed E-state index contributed by atoms with van der Waals surface area (Å²) in [6.45, 7) is 8.68. The summed E-state index contributed by atoms with van der Waals surface area (Å²) in [6.07, 6.45) is 11.0. The molecule has 0 heterocycles. The minimum Gasteiger partial charge on any atom is -0.150 e. The highest BCUT2D eigenvalue weighted by Crippen LogP contribution is 2.34. The minimum atomic E-state index is 0.198. The second kappa shape index (κ2) is 5.47. The highest BCUT2D eigenvalue weighted by Gasteiger charge is 2.25. The van der Waals surface area contributed by atoms with Crippen molar-refractivity contribution in [2.24, 2.45) is 5.92 Å². The molecule has 0 N–H and O–H groups in total. The quantitative estimate of drug-likeness (QED) is 0.597. The zero-order valence-electron chi connectivity index (χ0n) is 8.79. The molecule has 0 aliphatic rings. The second-order valence-electron chi connectivity index (χ2n) is 3.21. The van der Waals surface area contributed by atoms with Crippen LogP contribution in [-0.2, 0) is 0 Å². The second-order valence-corrected chi connectivity index (χ2v) is 4.33. The van der Waals surface area contributed by atoms with Crippen LogP contribution in [0.5, 0.6) is 0 Å². The van der Waals surface area contributed by atoms with E-state index in [0.717, 1.165) is 0 Å². The van der Waals surface area contributed by atoms with E-state index in [0.29, 0.717) is 5.92 Å². The van der Waals surface area contributed by atoms with Crippen molar-refractivity contribution in [1.29, 1.82) is 0 Å². The van der Waals surface area contributed by atoms with Crippen molar-refractivity contribution in [2.45, 2.75) is 32.4 Å². The lowest BCUT2D eigenvalue weighted by molar-refractivity contribution is 0.590. The molecule has 0 saturated carbocycles. The first-order chi connectivity index (χ1) is 5.63. The fourth-order valence-electron chi connectivity index (χ4n) is 1.33. The Morgan fingerprint density at radius 3 is 1.67 bits per heavy atom. The van der Waals surface area contributed by atoms with E-state index in [-0.39, 0.29) is 4.75 Å². The molecule has 0 aliphatic carbocycles. The van der Waals surface area contributed by atoms with Crippen molar-refractivity contribution >= 4 is 11.8 Å². The Balaban J connectivity index is 4.75. The van der Waals surface area contributed by atoms with Crippen LogP contribution >= 0.6 is 11.8 Å². The van der Waals surface area contributed by atoms with Crippen LogP contribution in [0, 0.1) is 5.92 Å². The van der Waals surface area contributed by atoms with Gasteiger partial charge in [0, 0.05) is 0 Å². The fourth-order valence-corrected chi connectivity index (χ4v) is 2.35. The van der Waals surface area contributed by atoms with E-state index in [1.165, 1.54) is 0 Å². The molecular weight excluding hydrogens is 164 g/mol. The van der Waals surface area contributed by atoms with Gasteiger partial charge < -0.3 is 0 Å². The van der Waals surface area contributed by atoms with Gasteiger partial charge in [0.2, 0.25) is 0 Å². The molecule has 0 radical (unpaired) electrons. The van der Waals surface area contributed by atoms with Gasteiger partial charge in [-0.1, -0.05) is 38.2 Å². The molecule has 0 unspecified atom stereocenters. The third-order valence-electron chi connectivity index (χ3n) is 2.11. The maximum atomic E-state index is 2.28. The Bertz CT molecular complexity index is 154. The van der Waals surface area contributed by atoms with Crippen molar-refractivity contribution in [3.8, 4) is 0 Å². The van der Waals surface area contributed by atoms with Crippen molar-refractivity contribution < 1.29 is 0 Å². The third kappa shape index (κ3) is 2.71. The highest BCUT2D eigenvalue weighted by atomic mass is 32.2. The molecule has 0 saturated heterocycles. The summed E-state index contributed by atoms with van der Waals surface area (Å²) in [5.74, 6) is 0.639. The summed E-state index contributed by atoms with van der Waals surface area (Å²) < 4.78 is 0.198. The van der Waals surface area contributed by atoms with E-state index in [1.807, 2.05) is 11.8 Å². The average Bonchev–Trinajstić information content (AvgIpc) is 2.03. The van der Waals surface area contributed by atoms with Crippen LogP contribution in [0.15, 0.2) is 24.3 Å². The van der Waals surface area contributed by atoms with Crippen LogP contribution in [0.2, 0.25) is 0 Å². The standard InChI is InChI=1S/C11H20S/c1-6-8-11(12-5,9-7-2)10(3)4/h6-10H,1-5H3. The molecule has 0 rings (SSSR count). The van der Waals surface area contributed by atoms with Gasteiger partial charge in [0.05, 0.1) is 4.75 Å². The van der Waals surface area contributed by atoms with Gasteiger partial charge in [0.15, 0.2) is 0 Å². The molecular formula is C11H20S. The molecule has 0 aromatic heterocycles. The molecule has 1 heteroatoms. The summed E-state index contributed by atoms with van der Waals surface area (Å²) in [6, 6.07) is 0. The number of rotatable bonds is 4. The van der Waals surface area contributed by atoms with Gasteiger partial charge >= 0.3 is 0 Å². The van der Waals surface area contributed by atoms with Gasteiger partial charge in [-0.25, -0.2) is 0 Å². The molecule has 0 atom stereocenters. The first-order valence-corrected chi connectivity index (χ1v) is 5.68. The van der Waals surface area contributed by atoms with Crippen LogP contribution in [0.25, 0.3) is 0 Å². The first kappa shape index (κ1) is 11.8. The third-order valence-corrected chi connectivity index (χ3v) is 3.56. The summed E-state index contributed by atoms with van der Waals surface area (Å²) in [5, 5.41) is 0. The SMILES string of the molecule is CC=CC(C=CC)(SC)C(C)C. The zero-order valence-corrected chi connectivity index (χ0v) is 9.61. The molecule has 70 valence electrons. The topological polar surface area (TPSA) is 0 Å². The van der Waals surface area contributed by atoms with Crippen molar-refractivity contribution in [3.63, 3.8) is 0 Å². The zero-order chi connectivity index (χ0) is 9.61. The molecule has 0 spiro atoms. The Labute approximate surface area is 81.1 Å². The van der Waals surface area contributed by atoms with Crippen LogP contribution in [-0.4, -0.2) is 11.0 Å². The van der Waals surface area contributed by atoms with Crippen LogP contribution in [0.3, 0.4) is 0 Å². The predicted molar refractivity (Wildman–Crippen MR) is 60.7 cm³/mol. The van der Waals surface area contributed by atoms with E-state index >= 15 is 0 Å². The van der Waals surface area contributed by atoms with Gasteiger partial charge in [0.25, 0.3) is 0 Å². The van der Waals surface area contributed by atoms with Gasteiger partial charge in [-0.15, -0.1) is 11.8 Å². The molecule has 0 aromatic rings. The lowest BCUT2D eigenvalue weighted by Gasteiger charge is -2.29. The van der Waals surface area contributed by atoms with Gasteiger partial charge in [-0.2, -0.15) is 0 Å². The molecule has 0 aliphatic heterocycles. The van der Waals surface area contributed by atoms with Crippen molar-refractivity contribution in [2.75, 3.05) is 6.26 Å². The maximum absolute atomic E-state index is 2.28. The molecule has 0 fully saturated rings. The summed E-state index contributed by atoms with van der Waals surface area (Å²) in [4.78, 5) is 0. The van der Waals surface area contributed by atoms with Crippen molar-refractivity contribution in [1.82, 2.24) is 0 Å².